The fraction of sp³-hybridized carbons (Fsp3) is 0.429. The maximum absolute atomic E-state index is 12.4. The maximum Gasteiger partial charge on any atom is 0.344 e. The van der Waals surface area contributed by atoms with Gasteiger partial charge in [0, 0.05) is 30.3 Å². The van der Waals surface area contributed by atoms with Gasteiger partial charge < -0.3 is 19.5 Å². The highest BCUT2D eigenvalue weighted by Gasteiger charge is 2.24. The van der Waals surface area contributed by atoms with Crippen LogP contribution in [0.4, 0.5) is 5.69 Å². The van der Waals surface area contributed by atoms with E-state index in [4.69, 9.17) is 9.26 Å². The average molecular weight is 401 g/mol. The molecule has 0 fully saturated rings. The molecule has 2 aromatic rings. The lowest BCUT2D eigenvalue weighted by molar-refractivity contribution is -0.119. The van der Waals surface area contributed by atoms with Gasteiger partial charge in [0.1, 0.15) is 5.56 Å². The molecule has 2 rings (SSSR count). The van der Waals surface area contributed by atoms with Crippen molar-refractivity contribution >= 4 is 23.5 Å². The first-order chi connectivity index (χ1) is 13.8. The second kappa shape index (κ2) is 9.86. The molecule has 0 aliphatic heterocycles. The van der Waals surface area contributed by atoms with Crippen LogP contribution in [0.3, 0.4) is 0 Å². The standard InChI is InChI=1S/C21H27N3O5/c1-6-24(7-2)20(26)15-9-8-10-16(11-15)22-17(25)12-28-21(27)18-14(5)23-29-19(18)13(3)4/h8-11,13H,6-7,12H2,1-5H3,(H,22,25). The summed E-state index contributed by atoms with van der Waals surface area (Å²) in [5.41, 5.74) is 1.60. The monoisotopic (exact) mass is 401 g/mol. The van der Waals surface area contributed by atoms with Gasteiger partial charge in [0.2, 0.25) is 0 Å². The lowest BCUT2D eigenvalue weighted by atomic mass is 10.1. The molecule has 0 bridgehead atoms. The quantitative estimate of drug-likeness (QED) is 0.681. The number of ether oxygens (including phenoxy) is 1. The number of benzene rings is 1. The molecule has 0 radical (unpaired) electrons. The lowest BCUT2D eigenvalue weighted by Gasteiger charge is -2.19. The summed E-state index contributed by atoms with van der Waals surface area (Å²) in [6.45, 7) is 9.93. The van der Waals surface area contributed by atoms with Gasteiger partial charge in [-0.2, -0.15) is 0 Å². The highest BCUT2D eigenvalue weighted by Crippen LogP contribution is 2.23. The van der Waals surface area contributed by atoms with Crippen LogP contribution in [0.25, 0.3) is 0 Å². The number of nitrogens with zero attached hydrogens (tertiary/aromatic N) is 2. The van der Waals surface area contributed by atoms with Gasteiger partial charge in [0.25, 0.3) is 11.8 Å². The van der Waals surface area contributed by atoms with E-state index >= 15 is 0 Å². The fourth-order valence-corrected chi connectivity index (χ4v) is 2.85. The Morgan fingerprint density at radius 2 is 1.90 bits per heavy atom. The van der Waals surface area contributed by atoms with E-state index in [0.717, 1.165) is 0 Å². The summed E-state index contributed by atoms with van der Waals surface area (Å²) in [6, 6.07) is 6.65. The zero-order valence-corrected chi connectivity index (χ0v) is 17.4. The SMILES string of the molecule is CCN(CC)C(=O)c1cccc(NC(=O)COC(=O)c2c(C)noc2C(C)C)c1. The molecule has 0 spiro atoms. The van der Waals surface area contributed by atoms with Crippen LogP contribution in [-0.4, -0.2) is 47.5 Å². The second-order valence-electron chi connectivity index (χ2n) is 6.84. The number of rotatable bonds is 8. The molecule has 8 heteroatoms. The smallest absolute Gasteiger partial charge is 0.344 e. The number of aryl methyl sites for hydroxylation is 1. The van der Waals surface area contributed by atoms with Crippen molar-refractivity contribution in [2.24, 2.45) is 0 Å². The van der Waals surface area contributed by atoms with Crippen LogP contribution >= 0.6 is 0 Å². The molecule has 1 aromatic carbocycles. The largest absolute Gasteiger partial charge is 0.452 e. The minimum Gasteiger partial charge on any atom is -0.452 e. The van der Waals surface area contributed by atoms with Gasteiger partial charge in [0.05, 0.1) is 5.69 Å². The number of nitrogens with one attached hydrogen (secondary N) is 1. The van der Waals surface area contributed by atoms with Gasteiger partial charge in [-0.25, -0.2) is 4.79 Å². The Morgan fingerprint density at radius 3 is 2.52 bits per heavy atom. The van der Waals surface area contributed by atoms with E-state index in [1.165, 1.54) is 0 Å². The minimum absolute atomic E-state index is 0.0429. The predicted octanol–water partition coefficient (Wildman–Crippen LogP) is 3.38. The van der Waals surface area contributed by atoms with Crippen molar-refractivity contribution in [1.82, 2.24) is 10.1 Å². The van der Waals surface area contributed by atoms with E-state index in [-0.39, 0.29) is 17.4 Å². The number of hydrogen-bond donors (Lipinski definition) is 1. The first-order valence-electron chi connectivity index (χ1n) is 9.60. The van der Waals surface area contributed by atoms with Gasteiger partial charge >= 0.3 is 5.97 Å². The Labute approximate surface area is 170 Å². The fourth-order valence-electron chi connectivity index (χ4n) is 2.85. The van der Waals surface area contributed by atoms with Crippen molar-refractivity contribution < 1.29 is 23.6 Å². The average Bonchev–Trinajstić information content (AvgIpc) is 3.09. The zero-order valence-electron chi connectivity index (χ0n) is 17.4. The third-order valence-corrected chi connectivity index (χ3v) is 4.40. The van der Waals surface area contributed by atoms with Crippen LogP contribution in [-0.2, 0) is 9.53 Å². The number of esters is 1. The number of aromatic nitrogens is 1. The topological polar surface area (TPSA) is 102 Å². The number of carbonyl (C=O) groups excluding carboxylic acids is 3. The van der Waals surface area contributed by atoms with Crippen LogP contribution in [0.15, 0.2) is 28.8 Å². The minimum atomic E-state index is -0.659. The third-order valence-electron chi connectivity index (χ3n) is 4.40. The summed E-state index contributed by atoms with van der Waals surface area (Å²) < 4.78 is 10.3. The molecular formula is C21H27N3O5. The Bertz CT molecular complexity index is 884. The Balaban J connectivity index is 2.00. The van der Waals surface area contributed by atoms with E-state index in [2.05, 4.69) is 10.5 Å². The van der Waals surface area contributed by atoms with E-state index in [9.17, 15) is 14.4 Å². The maximum atomic E-state index is 12.4. The van der Waals surface area contributed by atoms with Crippen LogP contribution in [0.1, 0.15) is 65.8 Å². The van der Waals surface area contributed by atoms with Gasteiger partial charge in [0.15, 0.2) is 12.4 Å². The highest BCUT2D eigenvalue weighted by atomic mass is 16.5. The van der Waals surface area contributed by atoms with Crippen LogP contribution < -0.4 is 5.32 Å². The number of carbonyl (C=O) groups is 3. The van der Waals surface area contributed by atoms with Gasteiger partial charge in [-0.3, -0.25) is 9.59 Å². The van der Waals surface area contributed by atoms with Crippen molar-refractivity contribution in [2.75, 3.05) is 25.0 Å². The summed E-state index contributed by atoms with van der Waals surface area (Å²) in [6.07, 6.45) is 0. The molecule has 29 heavy (non-hydrogen) atoms. The van der Waals surface area contributed by atoms with Crippen molar-refractivity contribution in [1.29, 1.82) is 0 Å². The zero-order chi connectivity index (χ0) is 21.6. The summed E-state index contributed by atoms with van der Waals surface area (Å²) >= 11 is 0. The third kappa shape index (κ3) is 5.43. The molecular weight excluding hydrogens is 374 g/mol. The second-order valence-corrected chi connectivity index (χ2v) is 6.84. The Morgan fingerprint density at radius 1 is 1.21 bits per heavy atom. The molecule has 2 amide bonds. The number of amides is 2. The Kier molecular flexibility index (Phi) is 7.52. The first kappa shape index (κ1) is 22.1. The lowest BCUT2D eigenvalue weighted by Crippen LogP contribution is -2.30. The van der Waals surface area contributed by atoms with Crippen LogP contribution in [0.5, 0.6) is 0 Å². The summed E-state index contributed by atoms with van der Waals surface area (Å²) in [5.74, 6) is -0.894. The van der Waals surface area contributed by atoms with Crippen molar-refractivity contribution in [2.45, 2.75) is 40.5 Å². The normalized spacial score (nSPS) is 10.7. The van der Waals surface area contributed by atoms with E-state index < -0.39 is 18.5 Å². The number of hydrogen-bond acceptors (Lipinski definition) is 6. The Hall–Kier alpha value is -3.16. The molecule has 8 nitrogen and oxygen atoms in total. The van der Waals surface area contributed by atoms with Crippen molar-refractivity contribution in [3.8, 4) is 0 Å². The molecule has 156 valence electrons. The van der Waals surface area contributed by atoms with E-state index in [1.54, 1.807) is 36.1 Å². The summed E-state index contributed by atoms with van der Waals surface area (Å²) in [7, 11) is 0. The van der Waals surface area contributed by atoms with Gasteiger partial charge in [-0.1, -0.05) is 25.1 Å². The van der Waals surface area contributed by atoms with Crippen LogP contribution in [0.2, 0.25) is 0 Å². The van der Waals surface area contributed by atoms with Crippen LogP contribution in [0, 0.1) is 6.92 Å². The van der Waals surface area contributed by atoms with Gasteiger partial charge in [-0.05, 0) is 39.0 Å². The molecule has 0 aliphatic carbocycles. The molecule has 0 aliphatic rings. The van der Waals surface area contributed by atoms with Gasteiger partial charge in [-0.15, -0.1) is 0 Å². The first-order valence-corrected chi connectivity index (χ1v) is 9.60. The summed E-state index contributed by atoms with van der Waals surface area (Å²) in [4.78, 5) is 38.7. The molecule has 0 atom stereocenters. The highest BCUT2D eigenvalue weighted by molar-refractivity contribution is 5.98. The van der Waals surface area contributed by atoms with E-state index in [1.807, 2.05) is 27.7 Å². The molecule has 1 N–H and O–H groups in total. The number of anilines is 1. The van der Waals surface area contributed by atoms with E-state index in [0.29, 0.717) is 35.8 Å². The molecule has 0 unspecified atom stereocenters. The molecule has 0 saturated heterocycles. The predicted molar refractivity (Wildman–Crippen MR) is 108 cm³/mol. The molecule has 0 saturated carbocycles. The van der Waals surface area contributed by atoms with Crippen molar-refractivity contribution in [3.05, 3.63) is 46.8 Å². The molecule has 1 heterocycles. The van der Waals surface area contributed by atoms with Crippen molar-refractivity contribution in [3.63, 3.8) is 0 Å². The molecule has 1 aromatic heterocycles. The summed E-state index contributed by atoms with van der Waals surface area (Å²) in [5, 5.41) is 6.43.